The molecule has 0 spiro atoms. The minimum Gasteiger partial charge on any atom is -0.778 e. The number of aromatic amines is 1. The van der Waals surface area contributed by atoms with Gasteiger partial charge in [-0.3, -0.25) is 5.10 Å². The van der Waals surface area contributed by atoms with E-state index in [0.717, 1.165) is 15.9 Å². The van der Waals surface area contributed by atoms with E-state index in [2.05, 4.69) is 15.4 Å². The summed E-state index contributed by atoms with van der Waals surface area (Å²) in [5, 5.41) is 10.2. The Kier molecular flexibility index (Phi) is 2.84. The molecule has 5 heteroatoms. The van der Waals surface area contributed by atoms with Crippen LogP contribution in [0.2, 0.25) is 0 Å². The molecule has 0 saturated carbocycles. The number of nitrogens with one attached hydrogen (secondary N) is 1. The van der Waals surface area contributed by atoms with Gasteiger partial charge in [-0.25, -0.2) is 0 Å². The molecule has 0 saturated heterocycles. The molecule has 0 unspecified atom stereocenters. The van der Waals surface area contributed by atoms with Crippen LogP contribution in [0.15, 0.2) is 23.1 Å². The third-order valence-corrected chi connectivity index (χ3v) is 1.65. The maximum absolute atomic E-state index is 4.98. The van der Waals surface area contributed by atoms with E-state index in [1.807, 2.05) is 18.2 Å². The quantitative estimate of drug-likeness (QED) is 0.365. The Hall–Kier alpha value is -0.160. The number of nitrogens with zero attached hydrogens (tertiary/aromatic N) is 2. The van der Waals surface area contributed by atoms with Gasteiger partial charge in [0.1, 0.15) is 0 Å². The SMILES string of the molecule is [Na+].[S-]c1cccc2[nH]nnc12. The van der Waals surface area contributed by atoms with E-state index in [1.165, 1.54) is 0 Å². The third-order valence-electron chi connectivity index (χ3n) is 1.32. The van der Waals surface area contributed by atoms with E-state index in [0.29, 0.717) is 0 Å². The minimum absolute atomic E-state index is 0. The van der Waals surface area contributed by atoms with Gasteiger partial charge in [0, 0.05) is 0 Å². The summed E-state index contributed by atoms with van der Waals surface area (Å²) in [5.41, 5.74) is 1.67. The summed E-state index contributed by atoms with van der Waals surface area (Å²) in [6, 6.07) is 5.61. The van der Waals surface area contributed by atoms with Crippen molar-refractivity contribution in [1.82, 2.24) is 15.4 Å². The molecule has 1 aromatic carbocycles. The molecule has 1 N–H and O–H groups in total. The van der Waals surface area contributed by atoms with Gasteiger partial charge in [0.15, 0.2) is 0 Å². The molecule has 0 aliphatic rings. The Morgan fingerprint density at radius 1 is 1.36 bits per heavy atom. The van der Waals surface area contributed by atoms with Crippen LogP contribution in [0.25, 0.3) is 11.0 Å². The van der Waals surface area contributed by atoms with Crippen LogP contribution in [-0.4, -0.2) is 15.4 Å². The first-order valence-corrected chi connectivity index (χ1v) is 3.25. The predicted octanol–water partition coefficient (Wildman–Crippen LogP) is -2.13. The van der Waals surface area contributed by atoms with Gasteiger partial charge in [-0.1, -0.05) is 17.3 Å². The first-order valence-electron chi connectivity index (χ1n) is 2.85. The van der Waals surface area contributed by atoms with Gasteiger partial charge in [-0.05, 0) is 6.07 Å². The first-order chi connectivity index (χ1) is 4.88. The maximum atomic E-state index is 4.98. The molecule has 0 aliphatic heterocycles. The number of hydrogen-bond donors (Lipinski definition) is 1. The molecule has 11 heavy (non-hydrogen) atoms. The summed E-state index contributed by atoms with van der Waals surface area (Å²) in [4.78, 5) is 0.742. The van der Waals surface area contributed by atoms with Gasteiger partial charge in [0.2, 0.25) is 0 Å². The standard InChI is InChI=1S/C6H5N3S.Na/c10-5-3-1-2-4-6(5)8-9-7-4;/h1-3,10H,(H,7,8,9);/q;+1/p-1. The van der Waals surface area contributed by atoms with Crippen LogP contribution < -0.4 is 29.6 Å². The van der Waals surface area contributed by atoms with E-state index in [-0.39, 0.29) is 29.6 Å². The van der Waals surface area contributed by atoms with Crippen LogP contribution in [-0.2, 0) is 12.6 Å². The molecule has 0 bridgehead atoms. The van der Waals surface area contributed by atoms with Crippen LogP contribution in [0.5, 0.6) is 0 Å². The molecule has 50 valence electrons. The van der Waals surface area contributed by atoms with E-state index in [1.54, 1.807) is 0 Å². The van der Waals surface area contributed by atoms with Crippen molar-refractivity contribution in [3.8, 4) is 0 Å². The molecular formula is C6H4N3NaS. The van der Waals surface area contributed by atoms with Crippen molar-refractivity contribution >= 4 is 23.7 Å². The Bertz CT molecular complexity index is 359. The van der Waals surface area contributed by atoms with E-state index in [9.17, 15) is 0 Å². The number of aromatic nitrogens is 3. The number of H-pyrrole nitrogens is 1. The van der Waals surface area contributed by atoms with Crippen molar-refractivity contribution in [2.45, 2.75) is 4.90 Å². The van der Waals surface area contributed by atoms with Crippen molar-refractivity contribution in [2.24, 2.45) is 0 Å². The van der Waals surface area contributed by atoms with E-state index in [4.69, 9.17) is 12.6 Å². The molecule has 0 fully saturated rings. The Morgan fingerprint density at radius 3 is 2.91 bits per heavy atom. The molecule has 0 aliphatic carbocycles. The fourth-order valence-corrected chi connectivity index (χ4v) is 1.07. The summed E-state index contributed by atoms with van der Waals surface area (Å²) < 4.78 is 0. The molecule has 1 aromatic heterocycles. The van der Waals surface area contributed by atoms with Gasteiger partial charge >= 0.3 is 29.6 Å². The molecule has 0 radical (unpaired) electrons. The van der Waals surface area contributed by atoms with Crippen molar-refractivity contribution in [3.63, 3.8) is 0 Å². The summed E-state index contributed by atoms with van der Waals surface area (Å²) in [5.74, 6) is 0. The smallest absolute Gasteiger partial charge is 0.778 e. The molecule has 2 aromatic rings. The molecule has 3 nitrogen and oxygen atoms in total. The topological polar surface area (TPSA) is 41.6 Å². The van der Waals surface area contributed by atoms with Crippen LogP contribution in [0.3, 0.4) is 0 Å². The normalized spacial score (nSPS) is 9.45. The van der Waals surface area contributed by atoms with Crippen LogP contribution >= 0.6 is 0 Å². The monoisotopic (exact) mass is 173 g/mol. The average Bonchev–Trinajstić information content (AvgIpc) is 2.36. The third kappa shape index (κ3) is 1.54. The first kappa shape index (κ1) is 8.93. The summed E-state index contributed by atoms with van der Waals surface area (Å²) in [6.07, 6.45) is 0. The van der Waals surface area contributed by atoms with Crippen LogP contribution in [0, 0.1) is 0 Å². The predicted molar refractivity (Wildman–Crippen MR) is 39.5 cm³/mol. The maximum Gasteiger partial charge on any atom is 1.00 e. The Morgan fingerprint density at radius 2 is 2.18 bits per heavy atom. The van der Waals surface area contributed by atoms with Crippen molar-refractivity contribution in [1.29, 1.82) is 0 Å². The summed E-state index contributed by atoms with van der Waals surface area (Å²) >= 11 is 4.98. The fourth-order valence-electron chi connectivity index (χ4n) is 0.845. The summed E-state index contributed by atoms with van der Waals surface area (Å²) in [7, 11) is 0. The van der Waals surface area contributed by atoms with Gasteiger partial charge in [0.25, 0.3) is 0 Å². The number of benzene rings is 1. The second-order valence-electron chi connectivity index (χ2n) is 1.96. The van der Waals surface area contributed by atoms with Gasteiger partial charge in [-0.2, -0.15) is 0 Å². The van der Waals surface area contributed by atoms with Crippen LogP contribution in [0.1, 0.15) is 0 Å². The fraction of sp³-hybridized carbons (Fsp3) is 0. The van der Waals surface area contributed by atoms with Crippen molar-refractivity contribution < 1.29 is 29.6 Å². The van der Waals surface area contributed by atoms with Crippen molar-refractivity contribution in [3.05, 3.63) is 18.2 Å². The molecule has 2 rings (SSSR count). The second-order valence-corrected chi connectivity index (χ2v) is 2.40. The van der Waals surface area contributed by atoms with E-state index >= 15 is 0 Å². The van der Waals surface area contributed by atoms with Gasteiger partial charge < -0.3 is 12.6 Å². The number of rotatable bonds is 0. The second kappa shape index (κ2) is 3.49. The molecule has 0 amide bonds. The largest absolute Gasteiger partial charge is 1.00 e. The average molecular weight is 173 g/mol. The van der Waals surface area contributed by atoms with Gasteiger partial charge in [-0.15, -0.1) is 9.99 Å². The molecule has 1 heterocycles. The van der Waals surface area contributed by atoms with Gasteiger partial charge in [0.05, 0.1) is 11.0 Å². The Balaban J connectivity index is 0.000000605. The number of hydrogen-bond acceptors (Lipinski definition) is 3. The Labute approximate surface area is 91.3 Å². The van der Waals surface area contributed by atoms with E-state index < -0.39 is 0 Å². The molecule has 0 atom stereocenters. The van der Waals surface area contributed by atoms with Crippen molar-refractivity contribution in [2.75, 3.05) is 0 Å². The minimum atomic E-state index is 0. The summed E-state index contributed by atoms with van der Waals surface area (Å²) in [6.45, 7) is 0. The number of fused-ring (bicyclic) bond motifs is 1. The zero-order valence-corrected chi connectivity index (χ0v) is 8.85. The molecular weight excluding hydrogens is 169 g/mol. The zero-order valence-electron chi connectivity index (χ0n) is 6.03. The van der Waals surface area contributed by atoms with Crippen LogP contribution in [0.4, 0.5) is 0 Å². The zero-order chi connectivity index (χ0) is 6.97.